The highest BCUT2D eigenvalue weighted by molar-refractivity contribution is 5.16. The lowest BCUT2D eigenvalue weighted by Crippen LogP contribution is -2.02. The maximum atomic E-state index is 9.67. The lowest BCUT2D eigenvalue weighted by Gasteiger charge is -2.02. The smallest absolute Gasteiger partial charge is 0.114 e. The number of hydrogen-bond donors (Lipinski definition) is 1. The quantitative estimate of drug-likeness (QED) is 0.568. The van der Waals surface area contributed by atoms with Crippen LogP contribution < -0.4 is 0 Å². The van der Waals surface area contributed by atoms with Crippen molar-refractivity contribution >= 4 is 0 Å². The van der Waals surface area contributed by atoms with Crippen LogP contribution in [0.4, 0.5) is 0 Å². The summed E-state index contributed by atoms with van der Waals surface area (Å²) in [5, 5.41) is 9.67. The molecule has 0 spiro atoms. The van der Waals surface area contributed by atoms with Crippen LogP contribution in [0.25, 0.3) is 0 Å². The van der Waals surface area contributed by atoms with E-state index in [4.69, 9.17) is 0 Å². The number of aliphatic hydroxyl groups is 1. The molecule has 0 saturated carbocycles. The fourth-order valence-corrected chi connectivity index (χ4v) is 1.88. The molecule has 1 atom stereocenters. The molecule has 0 fully saturated rings. The number of benzene rings is 1. The Balaban J connectivity index is 2.13. The van der Waals surface area contributed by atoms with Crippen LogP contribution in [0, 0.1) is 11.8 Å². The van der Waals surface area contributed by atoms with E-state index in [0.29, 0.717) is 0 Å². The summed E-state index contributed by atoms with van der Waals surface area (Å²) in [7, 11) is 0. The summed E-state index contributed by atoms with van der Waals surface area (Å²) in [6.07, 6.45) is 6.97. The molecule has 0 aliphatic heterocycles. The van der Waals surface area contributed by atoms with Crippen molar-refractivity contribution in [2.75, 3.05) is 0 Å². The SMILES string of the molecule is CCCCCC[C@@H](O)C#CCCc1ccccc1. The van der Waals surface area contributed by atoms with Gasteiger partial charge in [0, 0.05) is 6.42 Å². The van der Waals surface area contributed by atoms with Crippen LogP contribution >= 0.6 is 0 Å². The number of aliphatic hydroxyl groups excluding tert-OH is 1. The Hall–Kier alpha value is -1.26. The Bertz CT molecular complexity index is 358. The van der Waals surface area contributed by atoms with Crippen molar-refractivity contribution in [3.05, 3.63) is 35.9 Å². The zero-order chi connectivity index (χ0) is 13.1. The summed E-state index contributed by atoms with van der Waals surface area (Å²) >= 11 is 0. The van der Waals surface area contributed by atoms with Gasteiger partial charge in [-0.15, -0.1) is 5.92 Å². The van der Waals surface area contributed by atoms with E-state index in [2.05, 4.69) is 30.9 Å². The average molecular weight is 244 g/mol. The monoisotopic (exact) mass is 244 g/mol. The highest BCUT2D eigenvalue weighted by atomic mass is 16.3. The van der Waals surface area contributed by atoms with E-state index in [1.807, 2.05) is 18.2 Å². The van der Waals surface area contributed by atoms with Crippen LogP contribution in [0.2, 0.25) is 0 Å². The maximum Gasteiger partial charge on any atom is 0.114 e. The molecule has 0 saturated heterocycles. The van der Waals surface area contributed by atoms with Gasteiger partial charge < -0.3 is 5.11 Å². The Morgan fingerprint density at radius 2 is 1.89 bits per heavy atom. The van der Waals surface area contributed by atoms with Gasteiger partial charge in [-0.1, -0.05) is 62.4 Å². The molecule has 0 bridgehead atoms. The molecule has 1 heteroatoms. The minimum Gasteiger partial charge on any atom is -0.380 e. The zero-order valence-corrected chi connectivity index (χ0v) is 11.4. The van der Waals surface area contributed by atoms with Gasteiger partial charge in [-0.25, -0.2) is 0 Å². The second-order valence-corrected chi connectivity index (χ2v) is 4.67. The Morgan fingerprint density at radius 1 is 1.11 bits per heavy atom. The molecule has 1 nitrogen and oxygen atoms in total. The molecular formula is C17H24O. The molecule has 0 aliphatic carbocycles. The molecule has 98 valence electrons. The first-order valence-corrected chi connectivity index (χ1v) is 7.03. The van der Waals surface area contributed by atoms with Gasteiger partial charge in [-0.05, 0) is 24.8 Å². The summed E-state index contributed by atoms with van der Waals surface area (Å²) in [5.74, 6) is 6.01. The Labute approximate surface area is 111 Å². The molecule has 1 aromatic carbocycles. The minimum absolute atomic E-state index is 0.433. The lowest BCUT2D eigenvalue weighted by molar-refractivity contribution is 0.217. The number of rotatable bonds is 7. The Morgan fingerprint density at radius 3 is 2.61 bits per heavy atom. The van der Waals surface area contributed by atoms with Crippen molar-refractivity contribution in [1.82, 2.24) is 0 Å². The molecule has 1 rings (SSSR count). The molecule has 1 aromatic rings. The summed E-state index contributed by atoms with van der Waals surface area (Å²) in [5.41, 5.74) is 1.31. The van der Waals surface area contributed by atoms with E-state index in [-0.39, 0.29) is 0 Å². The average Bonchev–Trinajstić information content (AvgIpc) is 2.41. The van der Waals surface area contributed by atoms with Gasteiger partial charge in [0.2, 0.25) is 0 Å². The third kappa shape index (κ3) is 7.14. The molecule has 18 heavy (non-hydrogen) atoms. The predicted molar refractivity (Wildman–Crippen MR) is 77.3 cm³/mol. The molecule has 0 amide bonds. The standard InChI is InChI=1S/C17H24O/c1-2-3-4-8-14-17(18)15-10-9-13-16-11-6-5-7-12-16/h5-7,11-12,17-18H,2-4,8-9,13-14H2,1H3/t17-/m1/s1. The van der Waals surface area contributed by atoms with E-state index >= 15 is 0 Å². The van der Waals surface area contributed by atoms with E-state index < -0.39 is 6.10 Å². The van der Waals surface area contributed by atoms with Crippen LogP contribution in [-0.2, 0) is 6.42 Å². The maximum absolute atomic E-state index is 9.67. The summed E-state index contributed by atoms with van der Waals surface area (Å²) in [6, 6.07) is 10.3. The fraction of sp³-hybridized carbons (Fsp3) is 0.529. The first kappa shape index (κ1) is 14.8. The zero-order valence-electron chi connectivity index (χ0n) is 11.4. The third-order valence-electron chi connectivity index (χ3n) is 2.98. The molecule has 0 unspecified atom stereocenters. The fourth-order valence-electron chi connectivity index (χ4n) is 1.88. The molecule has 0 heterocycles. The van der Waals surface area contributed by atoms with Crippen molar-refractivity contribution in [3.8, 4) is 11.8 Å². The second-order valence-electron chi connectivity index (χ2n) is 4.67. The highest BCUT2D eigenvalue weighted by Crippen LogP contribution is 2.05. The predicted octanol–water partition coefficient (Wildman–Crippen LogP) is 3.95. The van der Waals surface area contributed by atoms with Crippen molar-refractivity contribution in [3.63, 3.8) is 0 Å². The molecule has 0 aromatic heterocycles. The van der Waals surface area contributed by atoms with E-state index in [0.717, 1.165) is 25.7 Å². The molecule has 0 aliphatic rings. The van der Waals surface area contributed by atoms with Gasteiger partial charge in [0.1, 0.15) is 6.10 Å². The lowest BCUT2D eigenvalue weighted by atomic mass is 10.1. The molecule has 0 radical (unpaired) electrons. The van der Waals surface area contributed by atoms with Crippen LogP contribution in [0.5, 0.6) is 0 Å². The van der Waals surface area contributed by atoms with Gasteiger partial charge in [-0.2, -0.15) is 0 Å². The number of unbranched alkanes of at least 4 members (excludes halogenated alkanes) is 3. The number of hydrogen-bond acceptors (Lipinski definition) is 1. The van der Waals surface area contributed by atoms with Gasteiger partial charge in [0.15, 0.2) is 0 Å². The first-order chi connectivity index (χ1) is 8.83. The summed E-state index contributed by atoms with van der Waals surface area (Å²) < 4.78 is 0. The third-order valence-corrected chi connectivity index (χ3v) is 2.98. The van der Waals surface area contributed by atoms with Gasteiger partial charge >= 0.3 is 0 Å². The van der Waals surface area contributed by atoms with Gasteiger partial charge in [0.25, 0.3) is 0 Å². The van der Waals surface area contributed by atoms with E-state index in [1.54, 1.807) is 0 Å². The Kier molecular flexibility index (Phi) is 8.01. The highest BCUT2D eigenvalue weighted by Gasteiger charge is 1.97. The molecule has 1 N–H and O–H groups in total. The minimum atomic E-state index is -0.433. The normalized spacial score (nSPS) is 11.7. The van der Waals surface area contributed by atoms with Crippen molar-refractivity contribution in [1.29, 1.82) is 0 Å². The number of aryl methyl sites for hydroxylation is 1. The van der Waals surface area contributed by atoms with Gasteiger partial charge in [0.05, 0.1) is 0 Å². The van der Waals surface area contributed by atoms with Crippen molar-refractivity contribution in [2.45, 2.75) is 58.0 Å². The van der Waals surface area contributed by atoms with Crippen LogP contribution in [-0.4, -0.2) is 11.2 Å². The van der Waals surface area contributed by atoms with Crippen molar-refractivity contribution < 1.29 is 5.11 Å². The van der Waals surface area contributed by atoms with Crippen LogP contribution in [0.3, 0.4) is 0 Å². The molecular weight excluding hydrogens is 220 g/mol. The summed E-state index contributed by atoms with van der Waals surface area (Å²) in [6.45, 7) is 2.19. The van der Waals surface area contributed by atoms with Crippen molar-refractivity contribution in [2.24, 2.45) is 0 Å². The topological polar surface area (TPSA) is 20.2 Å². The van der Waals surface area contributed by atoms with E-state index in [9.17, 15) is 5.11 Å². The summed E-state index contributed by atoms with van der Waals surface area (Å²) in [4.78, 5) is 0. The van der Waals surface area contributed by atoms with E-state index in [1.165, 1.54) is 24.8 Å². The largest absolute Gasteiger partial charge is 0.380 e. The first-order valence-electron chi connectivity index (χ1n) is 7.03. The van der Waals surface area contributed by atoms with Crippen LogP contribution in [0.15, 0.2) is 30.3 Å². The van der Waals surface area contributed by atoms with Gasteiger partial charge in [-0.3, -0.25) is 0 Å². The van der Waals surface area contributed by atoms with Crippen LogP contribution in [0.1, 0.15) is 51.0 Å². The second kappa shape index (κ2) is 9.74.